The minimum atomic E-state index is -0.0293. The lowest BCUT2D eigenvalue weighted by Crippen LogP contribution is -2.36. The summed E-state index contributed by atoms with van der Waals surface area (Å²) < 4.78 is 0. The third-order valence-electron chi connectivity index (χ3n) is 2.72. The Morgan fingerprint density at radius 2 is 1.78 bits per heavy atom. The zero-order chi connectivity index (χ0) is 13.5. The smallest absolute Gasteiger partial charge is 0.196 e. The van der Waals surface area contributed by atoms with Gasteiger partial charge in [0.25, 0.3) is 0 Å². The van der Waals surface area contributed by atoms with E-state index in [0.717, 1.165) is 18.8 Å². The number of hydrogen-bond donors (Lipinski definition) is 1. The first-order chi connectivity index (χ1) is 8.58. The van der Waals surface area contributed by atoms with Crippen LogP contribution in [0.1, 0.15) is 26.3 Å². The molecule has 0 spiro atoms. The highest BCUT2D eigenvalue weighted by Gasteiger charge is 2.12. The first-order valence-corrected chi connectivity index (χ1v) is 6.24. The number of nitrogens with zero attached hydrogens (tertiary/aromatic N) is 2. The van der Waals surface area contributed by atoms with Crippen LogP contribution >= 0.6 is 0 Å². The van der Waals surface area contributed by atoms with Gasteiger partial charge in [-0.2, -0.15) is 5.10 Å². The predicted molar refractivity (Wildman–Crippen MR) is 75.8 cm³/mol. The predicted octanol–water partition coefficient (Wildman–Crippen LogP) is 2.65. The number of likely N-dealkylation sites (N-methyl/N-ethyl adjacent to an activating group) is 1. The molecule has 1 aromatic rings. The Morgan fingerprint density at radius 1 is 1.22 bits per heavy atom. The molecule has 0 amide bonds. The van der Waals surface area contributed by atoms with Gasteiger partial charge >= 0.3 is 0 Å². The highest BCUT2D eigenvalue weighted by Crippen LogP contribution is 2.08. The van der Waals surface area contributed by atoms with Crippen LogP contribution in [0.5, 0.6) is 0 Å². The van der Waals surface area contributed by atoms with Crippen molar-refractivity contribution in [2.24, 2.45) is 5.10 Å². The van der Waals surface area contributed by atoms with E-state index in [0.29, 0.717) is 5.84 Å². The van der Waals surface area contributed by atoms with E-state index in [1.165, 1.54) is 12.5 Å². The maximum absolute atomic E-state index is 11.6. The number of carbonyl (C=O) groups excluding carboxylic acids is 1. The summed E-state index contributed by atoms with van der Waals surface area (Å²) in [5.41, 5.74) is 5.00. The molecule has 0 aliphatic rings. The summed E-state index contributed by atoms with van der Waals surface area (Å²) in [7, 11) is 0. The number of anilines is 1. The second-order valence-electron chi connectivity index (χ2n) is 4.14. The van der Waals surface area contributed by atoms with E-state index in [2.05, 4.69) is 10.5 Å². The number of hydrazone groups is 1. The average molecular weight is 247 g/mol. The SMILES string of the molecule is CCN(CC)/C(=N/Nc1ccc(C)cc1)C(C)=O. The summed E-state index contributed by atoms with van der Waals surface area (Å²) in [6.07, 6.45) is 0. The first-order valence-electron chi connectivity index (χ1n) is 6.24. The van der Waals surface area contributed by atoms with E-state index in [1.54, 1.807) is 0 Å². The van der Waals surface area contributed by atoms with E-state index in [4.69, 9.17) is 0 Å². The molecule has 0 aromatic heterocycles. The van der Waals surface area contributed by atoms with Gasteiger partial charge in [0.15, 0.2) is 11.6 Å². The topological polar surface area (TPSA) is 44.7 Å². The van der Waals surface area contributed by atoms with Gasteiger partial charge in [0.1, 0.15) is 0 Å². The van der Waals surface area contributed by atoms with Crippen LogP contribution < -0.4 is 5.43 Å². The van der Waals surface area contributed by atoms with Crippen molar-refractivity contribution >= 4 is 17.3 Å². The number of aryl methyl sites for hydroxylation is 1. The quantitative estimate of drug-likeness (QED) is 0.494. The number of carbonyl (C=O) groups is 1. The molecule has 1 rings (SSSR count). The van der Waals surface area contributed by atoms with Gasteiger partial charge in [-0.1, -0.05) is 17.7 Å². The van der Waals surface area contributed by atoms with Gasteiger partial charge < -0.3 is 4.90 Å². The minimum Gasteiger partial charge on any atom is -0.353 e. The number of rotatable bonds is 5. The second kappa shape index (κ2) is 6.79. The molecule has 18 heavy (non-hydrogen) atoms. The Bertz CT molecular complexity index is 419. The van der Waals surface area contributed by atoms with Crippen LogP contribution in [-0.4, -0.2) is 29.6 Å². The summed E-state index contributed by atoms with van der Waals surface area (Å²) in [6.45, 7) is 9.12. The van der Waals surface area contributed by atoms with Crippen molar-refractivity contribution in [2.45, 2.75) is 27.7 Å². The van der Waals surface area contributed by atoms with Crippen molar-refractivity contribution < 1.29 is 4.79 Å². The minimum absolute atomic E-state index is 0.0293. The summed E-state index contributed by atoms with van der Waals surface area (Å²) in [5.74, 6) is 0.443. The fraction of sp³-hybridized carbons (Fsp3) is 0.429. The molecular weight excluding hydrogens is 226 g/mol. The molecule has 0 saturated heterocycles. The van der Waals surface area contributed by atoms with Gasteiger partial charge in [-0.05, 0) is 32.9 Å². The Hall–Kier alpha value is -1.84. The van der Waals surface area contributed by atoms with Crippen LogP contribution in [0.4, 0.5) is 5.69 Å². The van der Waals surface area contributed by atoms with E-state index < -0.39 is 0 Å². The molecule has 0 fully saturated rings. The lowest BCUT2D eigenvalue weighted by molar-refractivity contribution is -0.111. The number of hydrogen-bond acceptors (Lipinski definition) is 3. The fourth-order valence-corrected chi connectivity index (χ4v) is 1.64. The number of ketones is 1. The van der Waals surface area contributed by atoms with Gasteiger partial charge in [-0.15, -0.1) is 0 Å². The van der Waals surface area contributed by atoms with Crippen LogP contribution in [0, 0.1) is 6.92 Å². The highest BCUT2D eigenvalue weighted by molar-refractivity contribution is 6.37. The third-order valence-corrected chi connectivity index (χ3v) is 2.72. The molecule has 0 atom stereocenters. The van der Waals surface area contributed by atoms with Crippen LogP contribution in [0.15, 0.2) is 29.4 Å². The lowest BCUT2D eigenvalue weighted by Gasteiger charge is -2.20. The zero-order valence-electron chi connectivity index (χ0n) is 11.5. The Balaban J connectivity index is 2.83. The van der Waals surface area contributed by atoms with Gasteiger partial charge in [-0.25, -0.2) is 0 Å². The van der Waals surface area contributed by atoms with E-state index in [-0.39, 0.29) is 5.78 Å². The van der Waals surface area contributed by atoms with Crippen molar-refractivity contribution in [3.8, 4) is 0 Å². The van der Waals surface area contributed by atoms with Gasteiger partial charge in [0.2, 0.25) is 0 Å². The molecule has 0 saturated carbocycles. The van der Waals surface area contributed by atoms with Crippen LogP contribution in [0.3, 0.4) is 0 Å². The molecule has 1 N–H and O–H groups in total. The van der Waals surface area contributed by atoms with E-state index in [1.807, 2.05) is 49.9 Å². The molecular formula is C14H21N3O. The molecule has 0 aliphatic heterocycles. The third kappa shape index (κ3) is 3.87. The maximum Gasteiger partial charge on any atom is 0.196 e. The Kier molecular flexibility index (Phi) is 5.36. The molecule has 0 radical (unpaired) electrons. The van der Waals surface area contributed by atoms with Gasteiger partial charge in [0.05, 0.1) is 5.69 Å². The largest absolute Gasteiger partial charge is 0.353 e. The first kappa shape index (κ1) is 14.2. The highest BCUT2D eigenvalue weighted by atomic mass is 16.1. The summed E-state index contributed by atoms with van der Waals surface area (Å²) in [6, 6.07) is 7.89. The van der Waals surface area contributed by atoms with E-state index in [9.17, 15) is 4.79 Å². The zero-order valence-corrected chi connectivity index (χ0v) is 11.5. The van der Waals surface area contributed by atoms with Crippen molar-refractivity contribution in [1.82, 2.24) is 4.90 Å². The number of nitrogens with one attached hydrogen (secondary N) is 1. The molecule has 0 bridgehead atoms. The number of Topliss-reactive ketones (excluding diaryl/α,β-unsaturated/α-hetero) is 1. The van der Waals surface area contributed by atoms with Crippen LogP contribution in [0.2, 0.25) is 0 Å². The van der Waals surface area contributed by atoms with Crippen LogP contribution in [-0.2, 0) is 4.79 Å². The lowest BCUT2D eigenvalue weighted by atomic mass is 10.2. The summed E-state index contributed by atoms with van der Waals surface area (Å²) in [5, 5.41) is 4.21. The second-order valence-corrected chi connectivity index (χ2v) is 4.14. The molecule has 4 nitrogen and oxygen atoms in total. The number of benzene rings is 1. The summed E-state index contributed by atoms with van der Waals surface area (Å²) >= 11 is 0. The Labute approximate surface area is 109 Å². The van der Waals surface area contributed by atoms with Gasteiger partial charge in [0, 0.05) is 20.0 Å². The monoisotopic (exact) mass is 247 g/mol. The van der Waals surface area contributed by atoms with E-state index >= 15 is 0 Å². The molecule has 0 unspecified atom stereocenters. The van der Waals surface area contributed by atoms with Crippen LogP contribution in [0.25, 0.3) is 0 Å². The molecule has 1 aromatic carbocycles. The number of amidine groups is 1. The molecule has 98 valence electrons. The fourth-order valence-electron chi connectivity index (χ4n) is 1.64. The maximum atomic E-state index is 11.6. The van der Waals surface area contributed by atoms with Crippen molar-refractivity contribution in [3.05, 3.63) is 29.8 Å². The standard InChI is InChI=1S/C14H21N3O/c1-5-17(6-2)14(12(4)18)16-15-13-9-7-11(3)8-10-13/h7-10,15H,5-6H2,1-4H3/b16-14+. The molecule has 0 heterocycles. The van der Waals surface area contributed by atoms with Crippen molar-refractivity contribution in [1.29, 1.82) is 0 Å². The summed E-state index contributed by atoms with van der Waals surface area (Å²) in [4.78, 5) is 13.5. The molecule has 4 heteroatoms. The van der Waals surface area contributed by atoms with Crippen molar-refractivity contribution in [2.75, 3.05) is 18.5 Å². The normalized spacial score (nSPS) is 11.2. The molecule has 0 aliphatic carbocycles. The Morgan fingerprint density at radius 3 is 2.22 bits per heavy atom. The van der Waals surface area contributed by atoms with Gasteiger partial charge in [-0.3, -0.25) is 10.2 Å². The average Bonchev–Trinajstić information content (AvgIpc) is 2.36. The van der Waals surface area contributed by atoms with Crippen molar-refractivity contribution in [3.63, 3.8) is 0 Å².